The van der Waals surface area contributed by atoms with Gasteiger partial charge >= 0.3 is 0 Å². The summed E-state index contributed by atoms with van der Waals surface area (Å²) in [6.45, 7) is 0.347. The van der Waals surface area contributed by atoms with Gasteiger partial charge in [0.2, 0.25) is 11.8 Å². The largest absolute Gasteiger partial charge is 0.353 e. The molecular formula is C19H26N4O2. The Kier molecular flexibility index (Phi) is 4.99. The van der Waals surface area contributed by atoms with Crippen molar-refractivity contribution in [2.24, 2.45) is 16.7 Å². The van der Waals surface area contributed by atoms with E-state index in [4.69, 9.17) is 0 Å². The molecule has 0 aromatic carbocycles. The monoisotopic (exact) mass is 342 g/mol. The van der Waals surface area contributed by atoms with Crippen LogP contribution in [0.1, 0.15) is 64.2 Å². The zero-order valence-corrected chi connectivity index (χ0v) is 14.6. The number of nitrogens with zero attached hydrogens (tertiary/aromatic N) is 2. The predicted molar refractivity (Wildman–Crippen MR) is 90.7 cm³/mol. The van der Waals surface area contributed by atoms with Crippen LogP contribution in [-0.4, -0.2) is 24.4 Å². The van der Waals surface area contributed by atoms with Crippen LogP contribution >= 0.6 is 0 Å². The molecule has 6 nitrogen and oxygen atoms in total. The highest BCUT2D eigenvalue weighted by molar-refractivity contribution is 5.87. The van der Waals surface area contributed by atoms with Crippen LogP contribution in [0.3, 0.4) is 0 Å². The van der Waals surface area contributed by atoms with Crippen molar-refractivity contribution < 1.29 is 9.59 Å². The van der Waals surface area contributed by atoms with E-state index in [1.165, 1.54) is 0 Å². The van der Waals surface area contributed by atoms with E-state index in [0.29, 0.717) is 38.1 Å². The Bertz CT molecular complexity index is 614. The fourth-order valence-electron chi connectivity index (χ4n) is 4.25. The van der Waals surface area contributed by atoms with Gasteiger partial charge in [0.1, 0.15) is 10.8 Å². The average molecular weight is 342 g/mol. The molecule has 0 aliphatic heterocycles. The highest BCUT2D eigenvalue weighted by atomic mass is 16.2. The van der Waals surface area contributed by atoms with Gasteiger partial charge in [-0.1, -0.05) is 25.7 Å². The van der Waals surface area contributed by atoms with Crippen molar-refractivity contribution >= 4 is 11.8 Å². The third-order valence-electron chi connectivity index (χ3n) is 6.20. The van der Waals surface area contributed by atoms with E-state index >= 15 is 0 Å². The topological polar surface area (TPSA) is 106 Å². The summed E-state index contributed by atoms with van der Waals surface area (Å²) in [5.41, 5.74) is -1.78. The standard InChI is InChI=1S/C19H26N4O2/c20-12-18(7-1-2-8-18)16(24)22-11-15(14-5-6-14)23-17(25)19(13-21)9-3-4-10-19/h14-15H,1-11H2,(H,22,24)(H,23,25). The van der Waals surface area contributed by atoms with Crippen LogP contribution in [0.4, 0.5) is 0 Å². The first-order valence-electron chi connectivity index (χ1n) is 9.47. The minimum absolute atomic E-state index is 0.139. The lowest BCUT2D eigenvalue weighted by molar-refractivity contribution is -0.130. The molecule has 3 aliphatic carbocycles. The molecule has 3 saturated carbocycles. The molecule has 134 valence electrons. The van der Waals surface area contributed by atoms with Crippen molar-refractivity contribution in [1.82, 2.24) is 10.6 Å². The molecule has 0 saturated heterocycles. The van der Waals surface area contributed by atoms with Gasteiger partial charge in [-0.3, -0.25) is 9.59 Å². The van der Waals surface area contributed by atoms with Gasteiger partial charge in [-0.15, -0.1) is 0 Å². The first-order chi connectivity index (χ1) is 12.1. The highest BCUT2D eigenvalue weighted by Crippen LogP contribution is 2.40. The fraction of sp³-hybridized carbons (Fsp3) is 0.789. The molecule has 0 aromatic heterocycles. The summed E-state index contributed by atoms with van der Waals surface area (Å²) in [6.07, 6.45) is 8.19. The van der Waals surface area contributed by atoms with E-state index in [-0.39, 0.29) is 17.9 Å². The Balaban J connectivity index is 1.59. The molecule has 3 rings (SSSR count). The number of carbonyl (C=O) groups excluding carboxylic acids is 2. The van der Waals surface area contributed by atoms with Gasteiger partial charge in [-0.25, -0.2) is 0 Å². The number of rotatable bonds is 6. The second-order valence-electron chi connectivity index (χ2n) is 7.93. The fourth-order valence-corrected chi connectivity index (χ4v) is 4.25. The molecule has 0 bridgehead atoms. The minimum Gasteiger partial charge on any atom is -0.353 e. The number of nitriles is 2. The minimum atomic E-state index is -0.892. The van der Waals surface area contributed by atoms with Crippen molar-refractivity contribution in [2.75, 3.05) is 6.54 Å². The number of amides is 2. The van der Waals surface area contributed by atoms with Crippen molar-refractivity contribution in [3.63, 3.8) is 0 Å². The smallest absolute Gasteiger partial charge is 0.240 e. The SMILES string of the molecule is N#CC1(C(=O)NCC(NC(=O)C2(C#N)CCCC2)C2CC2)CCCC1. The zero-order chi connectivity index (χ0) is 17.9. The summed E-state index contributed by atoms with van der Waals surface area (Å²) < 4.78 is 0. The molecule has 0 heterocycles. The van der Waals surface area contributed by atoms with Gasteiger partial charge < -0.3 is 10.6 Å². The maximum atomic E-state index is 12.7. The third kappa shape index (κ3) is 3.49. The van der Waals surface area contributed by atoms with E-state index in [0.717, 1.165) is 38.5 Å². The van der Waals surface area contributed by atoms with Crippen LogP contribution in [0.2, 0.25) is 0 Å². The lowest BCUT2D eigenvalue weighted by atomic mass is 9.86. The van der Waals surface area contributed by atoms with Gasteiger partial charge in [0.05, 0.1) is 12.1 Å². The second kappa shape index (κ2) is 7.04. The average Bonchev–Trinajstić information content (AvgIpc) is 3.15. The number of hydrogen-bond donors (Lipinski definition) is 2. The maximum Gasteiger partial charge on any atom is 0.240 e. The van der Waals surface area contributed by atoms with Crippen molar-refractivity contribution in [2.45, 2.75) is 70.3 Å². The van der Waals surface area contributed by atoms with Crippen LogP contribution in [0, 0.1) is 39.4 Å². The summed E-state index contributed by atoms with van der Waals surface area (Å²) in [4.78, 5) is 25.2. The summed E-state index contributed by atoms with van der Waals surface area (Å²) in [6, 6.07) is 4.29. The molecule has 25 heavy (non-hydrogen) atoms. The molecule has 3 aliphatic rings. The van der Waals surface area contributed by atoms with Crippen LogP contribution in [0.15, 0.2) is 0 Å². The molecule has 0 spiro atoms. The summed E-state index contributed by atoms with van der Waals surface area (Å²) in [5.74, 6) is -0.0271. The number of nitrogens with one attached hydrogen (secondary N) is 2. The molecule has 2 N–H and O–H groups in total. The van der Waals surface area contributed by atoms with E-state index in [9.17, 15) is 20.1 Å². The summed E-state index contributed by atoms with van der Waals surface area (Å²) in [5, 5.41) is 24.8. The molecule has 0 radical (unpaired) electrons. The Morgan fingerprint density at radius 3 is 1.84 bits per heavy atom. The second-order valence-corrected chi connectivity index (χ2v) is 7.93. The molecule has 6 heteroatoms. The van der Waals surface area contributed by atoms with E-state index in [1.807, 2.05) is 0 Å². The van der Waals surface area contributed by atoms with Crippen LogP contribution in [0.25, 0.3) is 0 Å². The van der Waals surface area contributed by atoms with E-state index in [2.05, 4.69) is 22.8 Å². The summed E-state index contributed by atoms with van der Waals surface area (Å²) >= 11 is 0. The number of hydrogen-bond acceptors (Lipinski definition) is 4. The van der Waals surface area contributed by atoms with Crippen molar-refractivity contribution in [3.05, 3.63) is 0 Å². The lowest BCUT2D eigenvalue weighted by Crippen LogP contribution is -2.51. The first-order valence-corrected chi connectivity index (χ1v) is 9.47. The zero-order valence-electron chi connectivity index (χ0n) is 14.6. The Hall–Kier alpha value is -2.08. The van der Waals surface area contributed by atoms with Gasteiger partial charge in [0, 0.05) is 12.6 Å². The molecule has 1 unspecified atom stereocenters. The predicted octanol–water partition coefficient (Wildman–Crippen LogP) is 2.17. The lowest BCUT2D eigenvalue weighted by Gasteiger charge is -2.26. The normalized spacial score (nSPS) is 24.7. The Morgan fingerprint density at radius 2 is 1.40 bits per heavy atom. The quantitative estimate of drug-likeness (QED) is 0.771. The molecule has 1 atom stereocenters. The van der Waals surface area contributed by atoms with E-state index < -0.39 is 10.8 Å². The van der Waals surface area contributed by atoms with Gasteiger partial charge in [-0.05, 0) is 44.4 Å². The maximum absolute atomic E-state index is 12.7. The third-order valence-corrected chi connectivity index (χ3v) is 6.20. The van der Waals surface area contributed by atoms with Crippen molar-refractivity contribution in [3.8, 4) is 12.1 Å². The highest BCUT2D eigenvalue weighted by Gasteiger charge is 2.45. The Labute approximate surface area is 148 Å². The molecule has 3 fully saturated rings. The van der Waals surface area contributed by atoms with Crippen LogP contribution < -0.4 is 10.6 Å². The van der Waals surface area contributed by atoms with Crippen LogP contribution in [-0.2, 0) is 9.59 Å². The van der Waals surface area contributed by atoms with E-state index in [1.54, 1.807) is 0 Å². The van der Waals surface area contributed by atoms with Gasteiger partial charge in [0.25, 0.3) is 0 Å². The van der Waals surface area contributed by atoms with Gasteiger partial charge in [-0.2, -0.15) is 10.5 Å². The molecule has 2 amide bonds. The van der Waals surface area contributed by atoms with Crippen LogP contribution in [0.5, 0.6) is 0 Å². The van der Waals surface area contributed by atoms with Gasteiger partial charge in [0.15, 0.2) is 0 Å². The molecular weight excluding hydrogens is 316 g/mol. The van der Waals surface area contributed by atoms with Crippen molar-refractivity contribution in [1.29, 1.82) is 10.5 Å². The summed E-state index contributed by atoms with van der Waals surface area (Å²) in [7, 11) is 0. The Morgan fingerprint density at radius 1 is 0.920 bits per heavy atom. The molecule has 0 aromatic rings. The first kappa shape index (κ1) is 17.7. The number of carbonyl (C=O) groups is 2.